The third-order valence-electron chi connectivity index (χ3n) is 5.93. The predicted molar refractivity (Wildman–Crippen MR) is 94.8 cm³/mol. The average Bonchev–Trinajstić information content (AvgIpc) is 2.56. The first-order valence-electron chi connectivity index (χ1n) is 9.15. The summed E-state index contributed by atoms with van der Waals surface area (Å²) < 4.78 is 0. The van der Waals surface area contributed by atoms with Gasteiger partial charge < -0.3 is 10.6 Å². The van der Waals surface area contributed by atoms with Crippen LogP contribution in [0, 0.1) is 25.7 Å². The number of benzene rings is 1. The number of piperidine rings is 1. The second-order valence-corrected chi connectivity index (χ2v) is 7.49. The normalized spacial score (nSPS) is 29.5. The molecule has 0 spiro atoms. The van der Waals surface area contributed by atoms with Crippen LogP contribution >= 0.6 is 0 Å². The minimum Gasteiger partial charge on any atom is -0.353 e. The van der Waals surface area contributed by atoms with Crippen LogP contribution in [0.5, 0.6) is 0 Å². The van der Waals surface area contributed by atoms with Gasteiger partial charge in [-0.15, -0.1) is 0 Å². The molecule has 24 heavy (non-hydrogen) atoms. The molecule has 2 amide bonds. The zero-order valence-electron chi connectivity index (χ0n) is 14.9. The molecule has 1 saturated heterocycles. The van der Waals surface area contributed by atoms with Gasteiger partial charge in [0.1, 0.15) is 0 Å². The van der Waals surface area contributed by atoms with Crippen molar-refractivity contribution in [2.75, 3.05) is 0 Å². The molecular weight excluding hydrogens is 300 g/mol. The Morgan fingerprint density at radius 3 is 2.75 bits per heavy atom. The summed E-state index contributed by atoms with van der Waals surface area (Å²) >= 11 is 0. The lowest BCUT2D eigenvalue weighted by Gasteiger charge is -2.44. The topological polar surface area (TPSA) is 58.2 Å². The summed E-state index contributed by atoms with van der Waals surface area (Å²) in [5.74, 6) is 1.24. The molecule has 1 saturated carbocycles. The van der Waals surface area contributed by atoms with Gasteiger partial charge in [0.05, 0.1) is 0 Å². The molecule has 4 unspecified atom stereocenters. The van der Waals surface area contributed by atoms with E-state index < -0.39 is 0 Å². The van der Waals surface area contributed by atoms with E-state index in [0.29, 0.717) is 18.3 Å². The first-order chi connectivity index (χ1) is 11.5. The van der Waals surface area contributed by atoms with Crippen molar-refractivity contribution in [2.45, 2.75) is 65.0 Å². The van der Waals surface area contributed by atoms with Crippen LogP contribution in [-0.4, -0.2) is 23.9 Å². The van der Waals surface area contributed by atoms with Gasteiger partial charge in [0.25, 0.3) is 5.91 Å². The Hall–Kier alpha value is -1.84. The minimum atomic E-state index is -0.00396. The fraction of sp³-hybridized carbons (Fsp3) is 0.600. The lowest BCUT2D eigenvalue weighted by molar-refractivity contribution is -0.127. The van der Waals surface area contributed by atoms with Crippen LogP contribution in [-0.2, 0) is 4.79 Å². The zero-order chi connectivity index (χ0) is 17.3. The van der Waals surface area contributed by atoms with Gasteiger partial charge in [-0.05, 0) is 68.2 Å². The smallest absolute Gasteiger partial charge is 0.251 e. The number of aryl methyl sites for hydroxylation is 2. The SMILES string of the molecule is CCC1CC(=O)NC2CC(NC(=O)c3ccc(C)c(C)c3)CCC12. The Labute approximate surface area is 144 Å². The minimum absolute atomic E-state index is 0.00396. The number of fused-ring (bicyclic) bond motifs is 1. The molecule has 4 nitrogen and oxygen atoms in total. The van der Waals surface area contributed by atoms with Crippen LogP contribution in [0.25, 0.3) is 0 Å². The molecule has 0 radical (unpaired) electrons. The highest BCUT2D eigenvalue weighted by Gasteiger charge is 2.40. The van der Waals surface area contributed by atoms with E-state index in [0.717, 1.165) is 36.8 Å². The molecule has 3 rings (SSSR count). The Bertz CT molecular complexity index is 641. The summed E-state index contributed by atoms with van der Waals surface area (Å²) in [5.41, 5.74) is 3.05. The molecular formula is C20H28N2O2. The molecule has 1 aromatic rings. The maximum Gasteiger partial charge on any atom is 0.251 e. The average molecular weight is 328 g/mol. The van der Waals surface area contributed by atoms with Gasteiger partial charge in [0, 0.05) is 24.1 Å². The highest BCUT2D eigenvalue weighted by molar-refractivity contribution is 5.94. The van der Waals surface area contributed by atoms with Crippen LogP contribution in [0.3, 0.4) is 0 Å². The second kappa shape index (κ2) is 6.96. The van der Waals surface area contributed by atoms with Crippen LogP contribution < -0.4 is 10.6 Å². The Kier molecular flexibility index (Phi) is 4.93. The van der Waals surface area contributed by atoms with E-state index in [1.807, 2.05) is 32.0 Å². The monoisotopic (exact) mass is 328 g/mol. The summed E-state index contributed by atoms with van der Waals surface area (Å²) in [4.78, 5) is 24.4. The van der Waals surface area contributed by atoms with E-state index >= 15 is 0 Å². The summed E-state index contributed by atoms with van der Waals surface area (Å²) in [6.45, 7) is 6.25. The number of hydrogen-bond donors (Lipinski definition) is 2. The zero-order valence-corrected chi connectivity index (χ0v) is 14.9. The number of rotatable bonds is 3. The molecule has 2 N–H and O–H groups in total. The first-order valence-corrected chi connectivity index (χ1v) is 9.15. The fourth-order valence-corrected chi connectivity index (χ4v) is 4.31. The molecule has 4 atom stereocenters. The van der Waals surface area contributed by atoms with Crippen LogP contribution in [0.15, 0.2) is 18.2 Å². The van der Waals surface area contributed by atoms with Crippen molar-refractivity contribution in [3.05, 3.63) is 34.9 Å². The van der Waals surface area contributed by atoms with Crippen molar-refractivity contribution in [3.8, 4) is 0 Å². The Balaban J connectivity index is 1.63. The molecule has 1 aliphatic heterocycles. The summed E-state index contributed by atoms with van der Waals surface area (Å²) in [7, 11) is 0. The highest BCUT2D eigenvalue weighted by atomic mass is 16.2. The molecule has 0 aromatic heterocycles. The van der Waals surface area contributed by atoms with Gasteiger partial charge in [0.15, 0.2) is 0 Å². The number of nitrogens with one attached hydrogen (secondary N) is 2. The number of carbonyl (C=O) groups excluding carboxylic acids is 2. The standard InChI is InChI=1S/C20H28N2O2/c1-4-14-10-19(23)22-18-11-16(7-8-17(14)18)21-20(24)15-6-5-12(2)13(3)9-15/h5-6,9,14,16-18H,4,7-8,10-11H2,1-3H3,(H,21,24)(H,22,23). The van der Waals surface area contributed by atoms with Gasteiger partial charge in [-0.2, -0.15) is 0 Å². The fourth-order valence-electron chi connectivity index (χ4n) is 4.31. The van der Waals surface area contributed by atoms with E-state index in [-0.39, 0.29) is 23.9 Å². The molecule has 1 aliphatic carbocycles. The quantitative estimate of drug-likeness (QED) is 0.896. The van der Waals surface area contributed by atoms with Crippen LogP contribution in [0.2, 0.25) is 0 Å². The maximum atomic E-state index is 12.5. The summed E-state index contributed by atoms with van der Waals surface area (Å²) in [6, 6.07) is 6.20. The van der Waals surface area contributed by atoms with Crippen molar-refractivity contribution in [1.29, 1.82) is 0 Å². The van der Waals surface area contributed by atoms with Crippen molar-refractivity contribution in [2.24, 2.45) is 11.8 Å². The Morgan fingerprint density at radius 2 is 2.04 bits per heavy atom. The lowest BCUT2D eigenvalue weighted by atomic mass is 9.70. The second-order valence-electron chi connectivity index (χ2n) is 7.49. The maximum absolute atomic E-state index is 12.5. The molecule has 130 valence electrons. The molecule has 2 aliphatic rings. The van der Waals surface area contributed by atoms with Crippen molar-refractivity contribution < 1.29 is 9.59 Å². The van der Waals surface area contributed by atoms with Crippen LogP contribution in [0.1, 0.15) is 60.5 Å². The third kappa shape index (κ3) is 3.47. The van der Waals surface area contributed by atoms with Gasteiger partial charge >= 0.3 is 0 Å². The largest absolute Gasteiger partial charge is 0.353 e. The number of amides is 2. The number of hydrogen-bond acceptors (Lipinski definition) is 2. The van der Waals surface area contributed by atoms with E-state index in [1.165, 1.54) is 5.56 Å². The van der Waals surface area contributed by atoms with Gasteiger partial charge in [-0.3, -0.25) is 9.59 Å². The van der Waals surface area contributed by atoms with Gasteiger partial charge in [-0.1, -0.05) is 19.4 Å². The van der Waals surface area contributed by atoms with Crippen molar-refractivity contribution in [1.82, 2.24) is 10.6 Å². The first kappa shape index (κ1) is 17.0. The van der Waals surface area contributed by atoms with Crippen molar-refractivity contribution in [3.63, 3.8) is 0 Å². The Morgan fingerprint density at radius 1 is 1.25 bits per heavy atom. The van der Waals surface area contributed by atoms with E-state index in [1.54, 1.807) is 0 Å². The molecule has 2 fully saturated rings. The van der Waals surface area contributed by atoms with E-state index in [9.17, 15) is 9.59 Å². The van der Waals surface area contributed by atoms with Gasteiger partial charge in [0.2, 0.25) is 5.91 Å². The van der Waals surface area contributed by atoms with Gasteiger partial charge in [-0.25, -0.2) is 0 Å². The molecule has 1 aromatic carbocycles. The van der Waals surface area contributed by atoms with Crippen LogP contribution in [0.4, 0.5) is 0 Å². The summed E-state index contributed by atoms with van der Waals surface area (Å²) in [5, 5.41) is 6.32. The number of carbonyl (C=O) groups is 2. The predicted octanol–water partition coefficient (Wildman–Crippen LogP) is 3.12. The third-order valence-corrected chi connectivity index (χ3v) is 5.93. The molecule has 4 heteroatoms. The lowest BCUT2D eigenvalue weighted by Crippen LogP contribution is -2.55. The molecule has 1 heterocycles. The molecule has 0 bridgehead atoms. The van der Waals surface area contributed by atoms with E-state index in [2.05, 4.69) is 17.6 Å². The summed E-state index contributed by atoms with van der Waals surface area (Å²) in [6.07, 6.45) is 4.67. The van der Waals surface area contributed by atoms with E-state index in [4.69, 9.17) is 0 Å². The highest BCUT2D eigenvalue weighted by Crippen LogP contribution is 2.37. The van der Waals surface area contributed by atoms with Crippen molar-refractivity contribution >= 4 is 11.8 Å².